The van der Waals surface area contributed by atoms with Crippen LogP contribution in [-0.4, -0.2) is 32.6 Å². The summed E-state index contributed by atoms with van der Waals surface area (Å²) >= 11 is 0. The lowest BCUT2D eigenvalue weighted by molar-refractivity contribution is 0.280. The summed E-state index contributed by atoms with van der Waals surface area (Å²) in [7, 11) is -3.51. The Hall–Kier alpha value is -1.60. The van der Waals surface area contributed by atoms with Gasteiger partial charge in [0, 0.05) is 6.61 Å². The molecule has 6 nitrogen and oxygen atoms in total. The van der Waals surface area contributed by atoms with Crippen LogP contribution in [0.3, 0.4) is 0 Å². The van der Waals surface area contributed by atoms with Crippen LogP contribution in [0.1, 0.15) is 49.7 Å². The van der Waals surface area contributed by atoms with Gasteiger partial charge in [0.2, 0.25) is 0 Å². The van der Waals surface area contributed by atoms with Crippen LogP contribution in [0, 0.1) is 0 Å². The third-order valence-corrected chi connectivity index (χ3v) is 4.90. The molecule has 0 aliphatic carbocycles. The lowest BCUT2D eigenvalue weighted by Crippen LogP contribution is -2.24. The van der Waals surface area contributed by atoms with Crippen LogP contribution in [-0.2, 0) is 15.8 Å². The van der Waals surface area contributed by atoms with Gasteiger partial charge in [-0.1, -0.05) is 37.8 Å². The van der Waals surface area contributed by atoms with Gasteiger partial charge >= 0.3 is 0 Å². The standard InChI is InChI=1S/C16H24N2O4S/c17-16-15-13(12-23(20,21)18-16)8-7-9-14(15)22-11-6-4-2-1-3-5-10-19/h7-9,19H,1-6,10-12H2,(H2,17,18). The highest BCUT2D eigenvalue weighted by Crippen LogP contribution is 2.28. The van der Waals surface area contributed by atoms with Gasteiger partial charge in [-0.2, -0.15) is 0 Å². The molecule has 0 saturated heterocycles. The van der Waals surface area contributed by atoms with Crippen molar-refractivity contribution in [3.63, 3.8) is 0 Å². The largest absolute Gasteiger partial charge is 0.493 e. The number of nitrogens with zero attached hydrogens (tertiary/aromatic N) is 1. The van der Waals surface area contributed by atoms with Gasteiger partial charge in [0.05, 0.1) is 17.9 Å². The van der Waals surface area contributed by atoms with Crippen molar-refractivity contribution in [1.29, 1.82) is 0 Å². The Morgan fingerprint density at radius 1 is 1.13 bits per heavy atom. The third kappa shape index (κ3) is 5.21. The second-order valence-corrected chi connectivity index (χ2v) is 7.32. The van der Waals surface area contributed by atoms with E-state index in [9.17, 15) is 8.42 Å². The average molecular weight is 340 g/mol. The van der Waals surface area contributed by atoms with Gasteiger partial charge in [-0.05, 0) is 24.5 Å². The topological polar surface area (TPSA) is 102 Å². The van der Waals surface area contributed by atoms with Crippen LogP contribution in [0.4, 0.5) is 0 Å². The number of nitrogens with two attached hydrogens (primary N) is 1. The molecule has 1 aromatic rings. The monoisotopic (exact) mass is 340 g/mol. The molecule has 0 radical (unpaired) electrons. The van der Waals surface area contributed by atoms with Gasteiger partial charge in [-0.3, -0.25) is 0 Å². The molecule has 0 spiro atoms. The van der Waals surface area contributed by atoms with Crippen molar-refractivity contribution in [3.8, 4) is 5.75 Å². The zero-order valence-corrected chi connectivity index (χ0v) is 14.0. The van der Waals surface area contributed by atoms with E-state index < -0.39 is 10.0 Å². The van der Waals surface area contributed by atoms with Crippen molar-refractivity contribution in [2.24, 2.45) is 10.1 Å². The highest BCUT2D eigenvalue weighted by atomic mass is 32.2. The first-order valence-electron chi connectivity index (χ1n) is 7.97. The number of rotatable bonds is 9. The van der Waals surface area contributed by atoms with E-state index in [2.05, 4.69) is 4.40 Å². The summed E-state index contributed by atoms with van der Waals surface area (Å²) in [5.41, 5.74) is 7.03. The maximum absolute atomic E-state index is 11.6. The van der Waals surface area contributed by atoms with Crippen molar-refractivity contribution in [3.05, 3.63) is 29.3 Å². The minimum atomic E-state index is -3.51. The number of benzene rings is 1. The van der Waals surface area contributed by atoms with E-state index in [4.69, 9.17) is 15.6 Å². The molecule has 1 heterocycles. The van der Waals surface area contributed by atoms with E-state index >= 15 is 0 Å². The Morgan fingerprint density at radius 3 is 2.57 bits per heavy atom. The van der Waals surface area contributed by atoms with Gasteiger partial charge in [0.1, 0.15) is 11.6 Å². The molecule has 0 fully saturated rings. The summed E-state index contributed by atoms with van der Waals surface area (Å²) in [5, 5.41) is 8.71. The average Bonchev–Trinajstić information content (AvgIpc) is 2.48. The van der Waals surface area contributed by atoms with Crippen LogP contribution in [0.5, 0.6) is 5.75 Å². The van der Waals surface area contributed by atoms with Crippen molar-refractivity contribution < 1.29 is 18.3 Å². The Bertz CT molecular complexity index is 656. The summed E-state index contributed by atoms with van der Waals surface area (Å²) < 4.78 is 32.6. The maximum Gasteiger partial charge on any atom is 0.259 e. The lowest BCUT2D eigenvalue weighted by atomic mass is 10.1. The Labute approximate surface area is 137 Å². The zero-order chi connectivity index (χ0) is 16.7. The first kappa shape index (κ1) is 17.7. The number of aliphatic hydroxyl groups excluding tert-OH is 1. The number of ether oxygens (including phenoxy) is 1. The Morgan fingerprint density at radius 2 is 1.83 bits per heavy atom. The van der Waals surface area contributed by atoms with Gasteiger partial charge < -0.3 is 15.6 Å². The van der Waals surface area contributed by atoms with Crippen molar-refractivity contribution in [2.45, 2.75) is 44.3 Å². The number of unbranched alkanes of at least 4 members (excludes halogenated alkanes) is 5. The minimum Gasteiger partial charge on any atom is -0.493 e. The van der Waals surface area contributed by atoms with Gasteiger partial charge in [-0.15, -0.1) is 4.40 Å². The van der Waals surface area contributed by atoms with Crippen LogP contribution in [0.2, 0.25) is 0 Å². The molecule has 7 heteroatoms. The van der Waals surface area contributed by atoms with Crippen molar-refractivity contribution in [2.75, 3.05) is 13.2 Å². The minimum absolute atomic E-state index is 0.00542. The normalized spacial score (nSPS) is 15.8. The molecule has 0 atom stereocenters. The number of hydrogen-bond acceptors (Lipinski definition) is 5. The predicted molar refractivity (Wildman–Crippen MR) is 90.1 cm³/mol. The summed E-state index contributed by atoms with van der Waals surface area (Å²) in [6.07, 6.45) is 6.17. The van der Waals surface area contributed by atoms with Crippen LogP contribution < -0.4 is 10.5 Å². The number of amidine groups is 1. The fraction of sp³-hybridized carbons (Fsp3) is 0.562. The first-order chi connectivity index (χ1) is 11.0. The van der Waals surface area contributed by atoms with E-state index in [1.54, 1.807) is 18.2 Å². The quantitative estimate of drug-likeness (QED) is 0.669. The Balaban J connectivity index is 1.86. The van der Waals surface area contributed by atoms with Crippen LogP contribution >= 0.6 is 0 Å². The number of aliphatic hydroxyl groups is 1. The van der Waals surface area contributed by atoms with Gasteiger partial charge in [-0.25, -0.2) is 8.42 Å². The molecule has 0 saturated carbocycles. The molecular weight excluding hydrogens is 316 g/mol. The molecule has 1 aromatic carbocycles. The maximum atomic E-state index is 11.6. The molecule has 128 valence electrons. The molecule has 23 heavy (non-hydrogen) atoms. The van der Waals surface area contributed by atoms with Crippen LogP contribution in [0.15, 0.2) is 22.6 Å². The second kappa shape index (κ2) is 8.31. The number of hydrogen-bond donors (Lipinski definition) is 2. The van der Waals surface area contributed by atoms with E-state index in [0.29, 0.717) is 23.5 Å². The molecule has 1 aliphatic heterocycles. The third-order valence-electron chi connectivity index (χ3n) is 3.75. The van der Waals surface area contributed by atoms with E-state index in [0.717, 1.165) is 38.5 Å². The summed E-state index contributed by atoms with van der Waals surface area (Å²) in [5.74, 6) is 0.468. The van der Waals surface area contributed by atoms with E-state index in [-0.39, 0.29) is 18.2 Å². The number of sulfonamides is 1. The molecule has 2 rings (SSSR count). The number of fused-ring (bicyclic) bond motifs is 1. The molecule has 0 unspecified atom stereocenters. The molecule has 1 aliphatic rings. The van der Waals surface area contributed by atoms with Crippen LogP contribution in [0.25, 0.3) is 0 Å². The van der Waals surface area contributed by atoms with Gasteiger partial charge in [0.25, 0.3) is 10.0 Å². The summed E-state index contributed by atoms with van der Waals surface area (Å²) in [4.78, 5) is 0. The molecule has 0 bridgehead atoms. The fourth-order valence-electron chi connectivity index (χ4n) is 2.64. The van der Waals surface area contributed by atoms with E-state index in [1.165, 1.54) is 0 Å². The predicted octanol–water partition coefficient (Wildman–Crippen LogP) is 1.95. The summed E-state index contributed by atoms with van der Waals surface area (Å²) in [6.45, 7) is 0.831. The smallest absolute Gasteiger partial charge is 0.259 e. The first-order valence-corrected chi connectivity index (χ1v) is 9.58. The SMILES string of the molecule is NC1=NS(=O)(=O)Cc2cccc(OCCCCCCCCO)c21. The second-order valence-electron chi connectivity index (χ2n) is 5.69. The van der Waals surface area contributed by atoms with Gasteiger partial charge in [0.15, 0.2) is 0 Å². The fourth-order valence-corrected chi connectivity index (χ4v) is 3.72. The highest BCUT2D eigenvalue weighted by Gasteiger charge is 2.24. The van der Waals surface area contributed by atoms with Crippen molar-refractivity contribution in [1.82, 2.24) is 0 Å². The highest BCUT2D eigenvalue weighted by molar-refractivity contribution is 7.89. The molecular formula is C16H24N2O4S. The summed E-state index contributed by atoms with van der Waals surface area (Å²) in [6, 6.07) is 5.31. The van der Waals surface area contributed by atoms with Crippen molar-refractivity contribution >= 4 is 15.9 Å². The molecule has 0 aromatic heterocycles. The van der Waals surface area contributed by atoms with E-state index in [1.807, 2.05) is 0 Å². The Kier molecular flexibility index (Phi) is 6.41. The zero-order valence-electron chi connectivity index (χ0n) is 13.2. The molecule has 3 N–H and O–H groups in total. The lowest BCUT2D eigenvalue weighted by Gasteiger charge is -2.18. The molecule has 0 amide bonds.